The molecule has 0 spiro atoms. The van der Waals surface area contributed by atoms with Crippen molar-refractivity contribution in [3.8, 4) is 0 Å². The summed E-state index contributed by atoms with van der Waals surface area (Å²) in [7, 11) is 0. The zero-order chi connectivity index (χ0) is 11.5. The molecule has 0 radical (unpaired) electrons. The molecule has 0 aliphatic rings. The molecule has 0 fully saturated rings. The van der Waals surface area contributed by atoms with Gasteiger partial charge in [-0.25, -0.2) is 0 Å². The van der Waals surface area contributed by atoms with Crippen LogP contribution in [0.15, 0.2) is 0 Å². The number of Topliss-reactive ketones (excluding diaryl/α,β-unsaturated/α-hetero) is 1. The van der Waals surface area contributed by atoms with Gasteiger partial charge in [0, 0.05) is 13.0 Å². The van der Waals surface area contributed by atoms with Gasteiger partial charge in [0.1, 0.15) is 6.61 Å². The Bertz CT molecular complexity index is 160. The van der Waals surface area contributed by atoms with E-state index in [-0.39, 0.29) is 12.4 Å². The van der Waals surface area contributed by atoms with Crippen LogP contribution >= 0.6 is 0 Å². The van der Waals surface area contributed by atoms with Gasteiger partial charge < -0.3 is 10.5 Å². The molecule has 0 saturated heterocycles. The number of carbonyl (C=O) groups is 1. The molecule has 0 saturated carbocycles. The van der Waals surface area contributed by atoms with Crippen molar-refractivity contribution in [3.63, 3.8) is 0 Å². The summed E-state index contributed by atoms with van der Waals surface area (Å²) in [4.78, 5) is 11.5. The van der Waals surface area contributed by atoms with Crippen molar-refractivity contribution in [2.24, 2.45) is 11.7 Å². The van der Waals surface area contributed by atoms with E-state index in [2.05, 4.69) is 13.8 Å². The monoisotopic (exact) mass is 215 g/mol. The second-order valence-electron chi connectivity index (χ2n) is 4.00. The Morgan fingerprint density at radius 3 is 2.67 bits per heavy atom. The summed E-state index contributed by atoms with van der Waals surface area (Å²) in [6, 6.07) is 0. The zero-order valence-electron chi connectivity index (χ0n) is 10.1. The molecule has 3 heteroatoms. The number of ether oxygens (including phenoxy) is 1. The fraction of sp³-hybridized carbons (Fsp3) is 0.917. The van der Waals surface area contributed by atoms with Gasteiger partial charge in [0.2, 0.25) is 0 Å². The number of nitrogens with two attached hydrogens (primary N) is 1. The van der Waals surface area contributed by atoms with E-state index in [0.29, 0.717) is 25.5 Å². The highest BCUT2D eigenvalue weighted by atomic mass is 16.5. The highest BCUT2D eigenvalue weighted by Crippen LogP contribution is 2.16. The average molecular weight is 215 g/mol. The molecule has 3 nitrogen and oxygen atoms in total. The topological polar surface area (TPSA) is 52.3 Å². The quantitative estimate of drug-likeness (QED) is 0.568. The van der Waals surface area contributed by atoms with Gasteiger partial charge in [-0.1, -0.05) is 39.5 Å². The van der Waals surface area contributed by atoms with Crippen molar-refractivity contribution in [2.75, 3.05) is 19.8 Å². The van der Waals surface area contributed by atoms with E-state index in [9.17, 15) is 4.79 Å². The van der Waals surface area contributed by atoms with Crippen molar-refractivity contribution in [2.45, 2.75) is 46.0 Å². The molecule has 90 valence electrons. The molecule has 15 heavy (non-hydrogen) atoms. The number of rotatable bonds is 10. The molecule has 0 aromatic heterocycles. The molecular formula is C12H25NO2. The minimum absolute atomic E-state index is 0.214. The summed E-state index contributed by atoms with van der Waals surface area (Å²) >= 11 is 0. The SMILES string of the molecule is CCCCC(CC)CC(=O)COCCN. The van der Waals surface area contributed by atoms with Gasteiger partial charge in [-0.3, -0.25) is 4.79 Å². The summed E-state index contributed by atoms with van der Waals surface area (Å²) in [5.74, 6) is 0.755. The van der Waals surface area contributed by atoms with Crippen LogP contribution in [0.1, 0.15) is 46.0 Å². The number of ketones is 1. The van der Waals surface area contributed by atoms with Crippen molar-refractivity contribution in [3.05, 3.63) is 0 Å². The number of carbonyl (C=O) groups excluding carboxylic acids is 1. The van der Waals surface area contributed by atoms with Gasteiger partial charge in [-0.05, 0) is 5.92 Å². The van der Waals surface area contributed by atoms with E-state index in [0.717, 1.165) is 12.8 Å². The Balaban J connectivity index is 3.60. The second kappa shape index (κ2) is 10.1. The summed E-state index contributed by atoms with van der Waals surface area (Å²) in [5, 5.41) is 0. The fourth-order valence-corrected chi connectivity index (χ4v) is 1.59. The maximum atomic E-state index is 11.5. The van der Waals surface area contributed by atoms with Gasteiger partial charge in [0.05, 0.1) is 6.61 Å². The van der Waals surface area contributed by atoms with Gasteiger partial charge in [0.25, 0.3) is 0 Å². The molecule has 2 N–H and O–H groups in total. The second-order valence-corrected chi connectivity index (χ2v) is 4.00. The molecule has 0 aromatic rings. The van der Waals surface area contributed by atoms with Crippen LogP contribution < -0.4 is 5.73 Å². The van der Waals surface area contributed by atoms with Crippen molar-refractivity contribution >= 4 is 5.78 Å². The third kappa shape index (κ3) is 8.58. The Hall–Kier alpha value is -0.410. The lowest BCUT2D eigenvalue weighted by Crippen LogP contribution is -2.17. The molecule has 0 aromatic carbocycles. The number of hydrogen-bond donors (Lipinski definition) is 1. The standard InChI is InChI=1S/C12H25NO2/c1-3-5-6-11(4-2)9-12(14)10-15-8-7-13/h11H,3-10,13H2,1-2H3. The van der Waals surface area contributed by atoms with E-state index in [4.69, 9.17) is 10.5 Å². The Morgan fingerprint density at radius 1 is 1.40 bits per heavy atom. The molecule has 0 rings (SSSR count). The first-order valence-electron chi connectivity index (χ1n) is 6.04. The van der Waals surface area contributed by atoms with E-state index in [1.807, 2.05) is 0 Å². The van der Waals surface area contributed by atoms with Crippen molar-refractivity contribution in [1.29, 1.82) is 0 Å². The Labute approximate surface area is 93.4 Å². The fourth-order valence-electron chi connectivity index (χ4n) is 1.59. The third-order valence-electron chi connectivity index (χ3n) is 2.58. The van der Waals surface area contributed by atoms with Gasteiger partial charge >= 0.3 is 0 Å². The van der Waals surface area contributed by atoms with Crippen LogP contribution in [0.25, 0.3) is 0 Å². The van der Waals surface area contributed by atoms with Crippen LogP contribution in [-0.2, 0) is 9.53 Å². The largest absolute Gasteiger partial charge is 0.372 e. The maximum Gasteiger partial charge on any atom is 0.158 e. The summed E-state index contributed by atoms with van der Waals surface area (Å²) in [6.45, 7) is 5.53. The van der Waals surface area contributed by atoms with Crippen LogP contribution in [0.5, 0.6) is 0 Å². The number of unbranched alkanes of at least 4 members (excludes halogenated alkanes) is 1. The molecular weight excluding hydrogens is 190 g/mol. The lowest BCUT2D eigenvalue weighted by Gasteiger charge is -2.13. The summed E-state index contributed by atoms with van der Waals surface area (Å²) in [5.41, 5.74) is 5.27. The van der Waals surface area contributed by atoms with E-state index in [1.165, 1.54) is 12.8 Å². The smallest absolute Gasteiger partial charge is 0.158 e. The van der Waals surface area contributed by atoms with E-state index < -0.39 is 0 Å². The van der Waals surface area contributed by atoms with Gasteiger partial charge in [-0.2, -0.15) is 0 Å². The molecule has 1 atom stereocenters. The highest BCUT2D eigenvalue weighted by molar-refractivity contribution is 5.79. The first-order chi connectivity index (χ1) is 7.24. The summed E-state index contributed by atoms with van der Waals surface area (Å²) in [6.07, 6.45) is 5.34. The molecule has 0 heterocycles. The molecule has 0 aliphatic carbocycles. The molecule has 0 bridgehead atoms. The predicted octanol–water partition coefficient (Wildman–Crippen LogP) is 2.14. The van der Waals surface area contributed by atoms with Crippen LogP contribution in [-0.4, -0.2) is 25.5 Å². The molecule has 1 unspecified atom stereocenters. The van der Waals surface area contributed by atoms with Crippen LogP contribution in [0.3, 0.4) is 0 Å². The van der Waals surface area contributed by atoms with Gasteiger partial charge in [-0.15, -0.1) is 0 Å². The van der Waals surface area contributed by atoms with Crippen LogP contribution in [0.2, 0.25) is 0 Å². The maximum absolute atomic E-state index is 11.5. The first-order valence-corrected chi connectivity index (χ1v) is 6.04. The predicted molar refractivity (Wildman–Crippen MR) is 62.8 cm³/mol. The summed E-state index contributed by atoms with van der Waals surface area (Å²) < 4.78 is 5.12. The molecule has 0 amide bonds. The minimum atomic E-state index is 0.214. The van der Waals surface area contributed by atoms with Crippen LogP contribution in [0, 0.1) is 5.92 Å². The van der Waals surface area contributed by atoms with Crippen molar-refractivity contribution < 1.29 is 9.53 Å². The normalized spacial score (nSPS) is 12.7. The zero-order valence-corrected chi connectivity index (χ0v) is 10.1. The molecule has 0 aliphatic heterocycles. The van der Waals surface area contributed by atoms with E-state index in [1.54, 1.807) is 0 Å². The van der Waals surface area contributed by atoms with E-state index >= 15 is 0 Å². The van der Waals surface area contributed by atoms with Gasteiger partial charge in [0.15, 0.2) is 5.78 Å². The van der Waals surface area contributed by atoms with Crippen LogP contribution in [0.4, 0.5) is 0 Å². The average Bonchev–Trinajstić information content (AvgIpc) is 2.24. The lowest BCUT2D eigenvalue weighted by atomic mass is 9.94. The Kier molecular flexibility index (Phi) is 9.84. The third-order valence-corrected chi connectivity index (χ3v) is 2.58. The Morgan fingerprint density at radius 2 is 2.13 bits per heavy atom. The first kappa shape index (κ1) is 14.6. The van der Waals surface area contributed by atoms with Crippen molar-refractivity contribution in [1.82, 2.24) is 0 Å². The minimum Gasteiger partial charge on any atom is -0.372 e. The highest BCUT2D eigenvalue weighted by Gasteiger charge is 2.11. The lowest BCUT2D eigenvalue weighted by molar-refractivity contribution is -0.124. The number of hydrogen-bond acceptors (Lipinski definition) is 3.